The second-order valence-corrected chi connectivity index (χ2v) is 6.54. The van der Waals surface area contributed by atoms with E-state index in [0.29, 0.717) is 37.4 Å². The Balaban J connectivity index is 1.81. The van der Waals surface area contributed by atoms with Crippen LogP contribution in [-0.2, 0) is 0 Å². The molecule has 1 aliphatic rings. The fourth-order valence-electron chi connectivity index (χ4n) is 3.35. The summed E-state index contributed by atoms with van der Waals surface area (Å²) in [5.41, 5.74) is 1.42. The average Bonchev–Trinajstić information content (AvgIpc) is 2.99. The summed E-state index contributed by atoms with van der Waals surface area (Å²) in [5.74, 6) is -0.391. The smallest absolute Gasteiger partial charge is 0.270 e. The molecule has 0 atom stereocenters. The number of benzene rings is 2. The van der Waals surface area contributed by atoms with Crippen molar-refractivity contribution in [1.29, 1.82) is 0 Å². The zero-order valence-electron chi connectivity index (χ0n) is 15.6. The molecule has 1 heterocycles. The number of nitrogens with zero attached hydrogens (tertiary/aromatic N) is 3. The van der Waals surface area contributed by atoms with Crippen molar-refractivity contribution in [2.75, 3.05) is 38.1 Å². The number of anilines is 1. The molecule has 0 aromatic heterocycles. The van der Waals surface area contributed by atoms with Crippen LogP contribution in [0.1, 0.15) is 27.1 Å². The summed E-state index contributed by atoms with van der Waals surface area (Å²) in [6, 6.07) is 13.4. The fraction of sp³-hybridized carbons (Fsp3) is 0.300. The number of rotatable bonds is 4. The summed E-state index contributed by atoms with van der Waals surface area (Å²) >= 11 is 0. The minimum atomic E-state index is -0.515. The van der Waals surface area contributed by atoms with Crippen molar-refractivity contribution >= 4 is 23.2 Å². The van der Waals surface area contributed by atoms with Gasteiger partial charge in [-0.1, -0.05) is 18.2 Å². The number of nitrogens with one attached hydrogen (secondary N) is 1. The molecule has 1 saturated heterocycles. The lowest BCUT2D eigenvalue weighted by molar-refractivity contribution is -0.384. The van der Waals surface area contributed by atoms with E-state index >= 15 is 0 Å². The van der Waals surface area contributed by atoms with Crippen molar-refractivity contribution in [3.05, 3.63) is 69.8 Å². The van der Waals surface area contributed by atoms with Gasteiger partial charge in [-0.15, -0.1) is 0 Å². The van der Waals surface area contributed by atoms with Gasteiger partial charge >= 0.3 is 0 Å². The number of non-ortho nitro benzene ring substituents is 1. The number of nitro benzene ring substituents is 1. The molecule has 0 radical (unpaired) electrons. The zero-order valence-corrected chi connectivity index (χ0v) is 15.6. The molecule has 1 N–H and O–H groups in total. The molecule has 1 fully saturated rings. The summed E-state index contributed by atoms with van der Waals surface area (Å²) in [7, 11) is 1.49. The molecule has 2 aromatic rings. The van der Waals surface area contributed by atoms with E-state index in [1.807, 2.05) is 23.1 Å². The van der Waals surface area contributed by atoms with E-state index in [1.54, 1.807) is 23.1 Å². The zero-order chi connectivity index (χ0) is 20.1. The Labute approximate surface area is 162 Å². The van der Waals surface area contributed by atoms with Gasteiger partial charge in [0.2, 0.25) is 0 Å². The maximum absolute atomic E-state index is 12.7. The Bertz CT molecular complexity index is 885. The maximum Gasteiger partial charge on any atom is 0.270 e. The number of carbonyl (C=O) groups excluding carboxylic acids is 2. The monoisotopic (exact) mass is 382 g/mol. The molecule has 2 aromatic carbocycles. The Kier molecular flexibility index (Phi) is 5.88. The third-order valence-corrected chi connectivity index (χ3v) is 4.81. The number of hydrogen-bond donors (Lipinski definition) is 1. The first-order valence-electron chi connectivity index (χ1n) is 9.11. The van der Waals surface area contributed by atoms with Crippen molar-refractivity contribution < 1.29 is 14.5 Å². The van der Waals surface area contributed by atoms with Crippen LogP contribution in [-0.4, -0.2) is 54.9 Å². The van der Waals surface area contributed by atoms with Crippen LogP contribution in [0.15, 0.2) is 48.5 Å². The quantitative estimate of drug-likeness (QED) is 0.647. The highest BCUT2D eigenvalue weighted by Crippen LogP contribution is 2.27. The minimum absolute atomic E-state index is 0.0160. The Morgan fingerprint density at radius 1 is 1.04 bits per heavy atom. The van der Waals surface area contributed by atoms with Crippen LogP contribution in [0.4, 0.5) is 11.4 Å². The molecule has 0 saturated carbocycles. The van der Waals surface area contributed by atoms with Gasteiger partial charge in [0.15, 0.2) is 0 Å². The van der Waals surface area contributed by atoms with Crippen molar-refractivity contribution in [1.82, 2.24) is 10.2 Å². The highest BCUT2D eigenvalue weighted by atomic mass is 16.6. The van der Waals surface area contributed by atoms with Crippen LogP contribution in [0, 0.1) is 10.1 Å². The number of amides is 2. The molecule has 146 valence electrons. The predicted octanol–water partition coefficient (Wildman–Crippen LogP) is 2.31. The molecule has 2 amide bonds. The Morgan fingerprint density at radius 2 is 1.79 bits per heavy atom. The van der Waals surface area contributed by atoms with E-state index in [2.05, 4.69) is 5.32 Å². The first-order valence-corrected chi connectivity index (χ1v) is 9.11. The molecule has 8 nitrogen and oxygen atoms in total. The fourth-order valence-corrected chi connectivity index (χ4v) is 3.35. The van der Waals surface area contributed by atoms with E-state index in [0.717, 1.165) is 6.42 Å². The van der Waals surface area contributed by atoms with Gasteiger partial charge in [0.1, 0.15) is 0 Å². The van der Waals surface area contributed by atoms with Gasteiger partial charge in [0.05, 0.1) is 16.2 Å². The van der Waals surface area contributed by atoms with Crippen LogP contribution < -0.4 is 10.2 Å². The molecular weight excluding hydrogens is 360 g/mol. The molecule has 3 rings (SSSR count). The molecule has 0 spiro atoms. The second-order valence-electron chi connectivity index (χ2n) is 6.54. The standard InChI is InChI=1S/C20H22N4O4/c1-21-19(25)17-14-16(24(27)28)8-9-18(17)22-10-5-11-23(13-12-22)20(26)15-6-3-2-4-7-15/h2-4,6-9,14H,5,10-13H2,1H3,(H,21,25). The summed E-state index contributed by atoms with van der Waals surface area (Å²) < 4.78 is 0. The van der Waals surface area contributed by atoms with E-state index < -0.39 is 4.92 Å². The average molecular weight is 382 g/mol. The number of hydrogen-bond acceptors (Lipinski definition) is 5. The number of nitro groups is 1. The first kappa shape index (κ1) is 19.3. The van der Waals surface area contributed by atoms with Crippen LogP contribution in [0.25, 0.3) is 0 Å². The van der Waals surface area contributed by atoms with Crippen LogP contribution in [0.3, 0.4) is 0 Å². The molecule has 0 bridgehead atoms. The van der Waals surface area contributed by atoms with Gasteiger partial charge in [-0.2, -0.15) is 0 Å². The van der Waals surface area contributed by atoms with E-state index in [9.17, 15) is 19.7 Å². The van der Waals surface area contributed by atoms with Gasteiger partial charge in [0.25, 0.3) is 17.5 Å². The van der Waals surface area contributed by atoms with E-state index in [1.165, 1.54) is 19.2 Å². The molecule has 28 heavy (non-hydrogen) atoms. The SMILES string of the molecule is CNC(=O)c1cc([N+](=O)[O-])ccc1N1CCCN(C(=O)c2ccccc2)CC1. The van der Waals surface area contributed by atoms with Crippen LogP contribution in [0.2, 0.25) is 0 Å². The van der Waals surface area contributed by atoms with Gasteiger partial charge in [-0.25, -0.2) is 0 Å². The third-order valence-electron chi connectivity index (χ3n) is 4.81. The highest BCUT2D eigenvalue weighted by molar-refractivity contribution is 6.00. The van der Waals surface area contributed by atoms with Gasteiger partial charge in [-0.05, 0) is 24.6 Å². The van der Waals surface area contributed by atoms with Crippen LogP contribution in [0.5, 0.6) is 0 Å². The normalized spacial score (nSPS) is 14.3. The summed E-state index contributed by atoms with van der Waals surface area (Å²) in [5, 5.41) is 13.6. The van der Waals surface area contributed by atoms with Gasteiger partial charge in [-0.3, -0.25) is 19.7 Å². The maximum atomic E-state index is 12.7. The highest BCUT2D eigenvalue weighted by Gasteiger charge is 2.24. The Hall–Kier alpha value is -3.42. The first-order chi connectivity index (χ1) is 13.5. The Morgan fingerprint density at radius 3 is 2.46 bits per heavy atom. The lowest BCUT2D eigenvalue weighted by atomic mass is 10.1. The minimum Gasteiger partial charge on any atom is -0.369 e. The lowest BCUT2D eigenvalue weighted by Gasteiger charge is -2.25. The predicted molar refractivity (Wildman–Crippen MR) is 106 cm³/mol. The molecule has 1 aliphatic heterocycles. The van der Waals surface area contributed by atoms with Crippen molar-refractivity contribution in [3.8, 4) is 0 Å². The molecular formula is C20H22N4O4. The van der Waals surface area contributed by atoms with Gasteiger partial charge < -0.3 is 15.1 Å². The summed E-state index contributed by atoms with van der Waals surface area (Å²) in [6.07, 6.45) is 0.739. The van der Waals surface area contributed by atoms with E-state index in [4.69, 9.17) is 0 Å². The lowest BCUT2D eigenvalue weighted by Crippen LogP contribution is -2.35. The summed E-state index contributed by atoms with van der Waals surface area (Å²) in [4.78, 5) is 39.3. The van der Waals surface area contributed by atoms with Gasteiger partial charge in [0, 0.05) is 50.9 Å². The molecule has 0 aliphatic carbocycles. The van der Waals surface area contributed by atoms with Crippen molar-refractivity contribution in [2.24, 2.45) is 0 Å². The van der Waals surface area contributed by atoms with Crippen LogP contribution >= 0.6 is 0 Å². The topological polar surface area (TPSA) is 95.8 Å². The second kappa shape index (κ2) is 8.51. The largest absolute Gasteiger partial charge is 0.369 e. The van der Waals surface area contributed by atoms with E-state index in [-0.39, 0.29) is 23.1 Å². The molecule has 8 heteroatoms. The molecule has 0 unspecified atom stereocenters. The summed E-state index contributed by atoms with van der Waals surface area (Å²) in [6.45, 7) is 2.32. The van der Waals surface area contributed by atoms with Crippen molar-refractivity contribution in [3.63, 3.8) is 0 Å². The number of carbonyl (C=O) groups is 2. The van der Waals surface area contributed by atoms with Crippen molar-refractivity contribution in [2.45, 2.75) is 6.42 Å². The third kappa shape index (κ3) is 4.11.